The molecule has 110 valence electrons. The van der Waals surface area contributed by atoms with E-state index in [0.717, 1.165) is 6.42 Å². The molecule has 0 unspecified atom stereocenters. The van der Waals surface area contributed by atoms with Crippen molar-refractivity contribution in [3.05, 3.63) is 45.1 Å². The molecule has 2 heterocycles. The number of nitrogens with zero attached hydrogens (tertiary/aromatic N) is 4. The molecule has 0 radical (unpaired) electrons. The molecule has 0 aromatic carbocycles. The van der Waals surface area contributed by atoms with Gasteiger partial charge in [-0.2, -0.15) is 0 Å². The van der Waals surface area contributed by atoms with Crippen molar-refractivity contribution in [1.82, 2.24) is 14.5 Å². The highest BCUT2D eigenvalue weighted by Gasteiger charge is 2.19. The maximum atomic E-state index is 12.2. The van der Waals surface area contributed by atoms with Gasteiger partial charge < -0.3 is 9.88 Å². The maximum Gasteiger partial charge on any atom is 0.287 e. The van der Waals surface area contributed by atoms with Crippen LogP contribution in [0.5, 0.6) is 0 Å². The number of carbonyl (C=O) groups is 1. The fraction of sp³-hybridized carbons (Fsp3) is 0.250. The highest BCUT2D eigenvalue weighted by atomic mass is 79.9. The van der Waals surface area contributed by atoms with E-state index in [0.29, 0.717) is 11.1 Å². The van der Waals surface area contributed by atoms with Gasteiger partial charge >= 0.3 is 0 Å². The van der Waals surface area contributed by atoms with Gasteiger partial charge in [0.1, 0.15) is 10.3 Å². The number of amides is 1. The molecule has 0 spiro atoms. The third-order valence-corrected chi connectivity index (χ3v) is 3.06. The Morgan fingerprint density at radius 2 is 2.24 bits per heavy atom. The van der Waals surface area contributed by atoms with Crippen LogP contribution in [-0.2, 0) is 6.54 Å². The van der Waals surface area contributed by atoms with Gasteiger partial charge in [-0.15, -0.1) is 0 Å². The van der Waals surface area contributed by atoms with Crippen molar-refractivity contribution >= 4 is 33.3 Å². The van der Waals surface area contributed by atoms with Gasteiger partial charge in [-0.05, 0) is 22.4 Å². The molecule has 9 heteroatoms. The summed E-state index contributed by atoms with van der Waals surface area (Å²) in [4.78, 5) is 30.4. The Kier molecular flexibility index (Phi) is 4.63. The summed E-state index contributed by atoms with van der Waals surface area (Å²) in [6.07, 6.45) is 4.95. The highest BCUT2D eigenvalue weighted by molar-refractivity contribution is 9.10. The Bertz CT molecular complexity index is 668. The van der Waals surface area contributed by atoms with Crippen molar-refractivity contribution < 1.29 is 9.72 Å². The largest absolute Gasteiger partial charge is 0.337 e. The summed E-state index contributed by atoms with van der Waals surface area (Å²) >= 11 is 3.14. The van der Waals surface area contributed by atoms with Crippen LogP contribution < -0.4 is 5.32 Å². The zero-order valence-electron chi connectivity index (χ0n) is 11.1. The number of aryl methyl sites for hydroxylation is 1. The molecule has 21 heavy (non-hydrogen) atoms. The van der Waals surface area contributed by atoms with E-state index in [1.807, 2.05) is 6.92 Å². The topological polar surface area (TPSA) is 103 Å². The Morgan fingerprint density at radius 1 is 1.48 bits per heavy atom. The predicted octanol–water partition coefficient (Wildman–Crippen LogP) is 2.61. The van der Waals surface area contributed by atoms with Gasteiger partial charge in [-0.1, -0.05) is 6.92 Å². The van der Waals surface area contributed by atoms with Gasteiger partial charge in [0.05, 0.1) is 23.5 Å². The van der Waals surface area contributed by atoms with Crippen molar-refractivity contribution in [1.29, 1.82) is 0 Å². The molecule has 1 N–H and O–H groups in total. The molecule has 0 aliphatic carbocycles. The van der Waals surface area contributed by atoms with Gasteiger partial charge in [0.15, 0.2) is 5.82 Å². The third-order valence-electron chi connectivity index (χ3n) is 2.65. The normalized spacial score (nSPS) is 10.4. The fourth-order valence-electron chi connectivity index (χ4n) is 1.77. The van der Waals surface area contributed by atoms with Crippen LogP contribution in [0.4, 0.5) is 11.5 Å². The summed E-state index contributed by atoms with van der Waals surface area (Å²) in [5.41, 5.74) is 0.101. The Labute approximate surface area is 128 Å². The Hall–Kier alpha value is -2.29. The number of carbonyl (C=O) groups excluding carboxylic acids is 1. The number of hydrogen-bond donors (Lipinski definition) is 1. The minimum atomic E-state index is -0.525. The van der Waals surface area contributed by atoms with E-state index in [1.54, 1.807) is 4.57 Å². The quantitative estimate of drug-likeness (QED) is 0.657. The molecule has 2 aromatic rings. The zero-order chi connectivity index (χ0) is 15.4. The first-order valence-electron chi connectivity index (χ1n) is 6.14. The van der Waals surface area contributed by atoms with Crippen LogP contribution in [0.15, 0.2) is 29.3 Å². The molecule has 1 amide bonds. The van der Waals surface area contributed by atoms with Crippen LogP contribution in [0.1, 0.15) is 23.8 Å². The maximum absolute atomic E-state index is 12.2. The lowest BCUT2D eigenvalue weighted by molar-refractivity contribution is -0.384. The molecule has 0 fully saturated rings. The van der Waals surface area contributed by atoms with Crippen molar-refractivity contribution in [3.8, 4) is 0 Å². The van der Waals surface area contributed by atoms with Crippen molar-refractivity contribution in [3.63, 3.8) is 0 Å². The molecular formula is C12H12BrN5O3. The smallest absolute Gasteiger partial charge is 0.287 e. The van der Waals surface area contributed by atoms with Gasteiger partial charge in [-0.3, -0.25) is 14.9 Å². The minimum absolute atomic E-state index is 0.115. The van der Waals surface area contributed by atoms with Gasteiger partial charge in [0.2, 0.25) is 0 Å². The van der Waals surface area contributed by atoms with Crippen LogP contribution in [-0.4, -0.2) is 25.4 Å². The first kappa shape index (κ1) is 15.1. The second-order valence-corrected chi connectivity index (χ2v) is 5.03. The summed E-state index contributed by atoms with van der Waals surface area (Å²) in [5, 5.41) is 13.4. The molecule has 2 rings (SSSR count). The second kappa shape index (κ2) is 6.44. The summed E-state index contributed by atoms with van der Waals surface area (Å²) in [6, 6.07) is 1.25. The Balaban J connectivity index is 2.25. The lowest BCUT2D eigenvalue weighted by Crippen LogP contribution is -2.17. The van der Waals surface area contributed by atoms with Gasteiger partial charge in [0, 0.05) is 12.6 Å². The van der Waals surface area contributed by atoms with Crippen LogP contribution in [0.3, 0.4) is 0 Å². The van der Waals surface area contributed by atoms with E-state index in [4.69, 9.17) is 0 Å². The summed E-state index contributed by atoms with van der Waals surface area (Å²) < 4.78 is 2.10. The number of rotatable bonds is 5. The van der Waals surface area contributed by atoms with E-state index >= 15 is 0 Å². The van der Waals surface area contributed by atoms with E-state index < -0.39 is 10.8 Å². The predicted molar refractivity (Wildman–Crippen MR) is 79.1 cm³/mol. The molecular weight excluding hydrogens is 342 g/mol. The molecule has 0 aliphatic rings. The van der Waals surface area contributed by atoms with Crippen LogP contribution in [0.25, 0.3) is 0 Å². The van der Waals surface area contributed by atoms with E-state index in [-0.39, 0.29) is 17.2 Å². The van der Waals surface area contributed by atoms with Crippen molar-refractivity contribution in [2.24, 2.45) is 0 Å². The number of nitrogens with one attached hydrogen (secondary N) is 1. The molecule has 0 saturated carbocycles. The monoisotopic (exact) mass is 353 g/mol. The van der Waals surface area contributed by atoms with Crippen LogP contribution in [0.2, 0.25) is 0 Å². The molecule has 2 aromatic heterocycles. The zero-order valence-corrected chi connectivity index (χ0v) is 12.7. The number of halogens is 1. The minimum Gasteiger partial charge on any atom is -0.337 e. The SMILES string of the molecule is CCCn1cc([N+](=O)[O-])cc1C(=O)Nc1cnc(Br)cn1. The number of anilines is 1. The molecule has 0 atom stereocenters. The van der Waals surface area contributed by atoms with Crippen LogP contribution in [0, 0.1) is 10.1 Å². The first-order chi connectivity index (χ1) is 10.0. The summed E-state index contributed by atoms with van der Waals surface area (Å²) in [7, 11) is 0. The molecule has 0 saturated heterocycles. The lowest BCUT2D eigenvalue weighted by Gasteiger charge is -2.07. The third kappa shape index (κ3) is 3.63. The summed E-state index contributed by atoms with van der Waals surface area (Å²) in [5.74, 6) is -0.191. The molecule has 0 bridgehead atoms. The van der Waals surface area contributed by atoms with Crippen molar-refractivity contribution in [2.75, 3.05) is 5.32 Å². The average Bonchev–Trinajstić information content (AvgIpc) is 2.86. The molecule has 8 nitrogen and oxygen atoms in total. The Morgan fingerprint density at radius 3 is 2.81 bits per heavy atom. The standard InChI is InChI=1S/C12H12BrN5O3/c1-2-3-17-7-8(18(20)21)4-9(17)12(19)16-11-6-14-10(13)5-15-11/h4-7H,2-3H2,1H3,(H,15,16,19). The average molecular weight is 354 g/mol. The van der Waals surface area contributed by atoms with Crippen molar-refractivity contribution in [2.45, 2.75) is 19.9 Å². The lowest BCUT2D eigenvalue weighted by atomic mass is 10.3. The fourth-order valence-corrected chi connectivity index (χ4v) is 1.97. The number of nitro groups is 1. The van der Waals surface area contributed by atoms with Crippen LogP contribution >= 0.6 is 15.9 Å². The first-order valence-corrected chi connectivity index (χ1v) is 6.94. The van der Waals surface area contributed by atoms with E-state index in [1.165, 1.54) is 24.7 Å². The number of aromatic nitrogens is 3. The van der Waals surface area contributed by atoms with E-state index in [9.17, 15) is 14.9 Å². The van der Waals surface area contributed by atoms with E-state index in [2.05, 4.69) is 31.2 Å². The molecule has 0 aliphatic heterocycles. The second-order valence-electron chi connectivity index (χ2n) is 4.21. The van der Waals surface area contributed by atoms with Gasteiger partial charge in [0.25, 0.3) is 11.6 Å². The number of hydrogen-bond acceptors (Lipinski definition) is 5. The van der Waals surface area contributed by atoms with Gasteiger partial charge in [-0.25, -0.2) is 9.97 Å². The highest BCUT2D eigenvalue weighted by Crippen LogP contribution is 2.18. The summed E-state index contributed by atoms with van der Waals surface area (Å²) in [6.45, 7) is 2.44.